The Hall–Kier alpha value is -3.38. The third kappa shape index (κ3) is 8.32. The van der Waals surface area contributed by atoms with Gasteiger partial charge >= 0.3 is 6.18 Å². The minimum Gasteiger partial charge on any atom is -0.352 e. The summed E-state index contributed by atoms with van der Waals surface area (Å²) in [4.78, 5) is 28.0. The van der Waals surface area contributed by atoms with Crippen LogP contribution in [0, 0.1) is 0 Å². The molecule has 220 valence electrons. The molecule has 0 radical (unpaired) electrons. The predicted octanol–water partition coefficient (Wildman–Crippen LogP) is 6.00. The van der Waals surface area contributed by atoms with Crippen LogP contribution in [-0.2, 0) is 32.3 Å². The van der Waals surface area contributed by atoms with Gasteiger partial charge in [-0.3, -0.25) is 13.9 Å². The Morgan fingerprint density at radius 3 is 2.22 bits per heavy atom. The molecular weight excluding hydrogens is 623 g/mol. The molecule has 0 bridgehead atoms. The van der Waals surface area contributed by atoms with Crippen LogP contribution in [0.3, 0.4) is 0 Å². The lowest BCUT2D eigenvalue weighted by atomic mass is 10.1. The van der Waals surface area contributed by atoms with Crippen molar-refractivity contribution in [1.29, 1.82) is 0 Å². The van der Waals surface area contributed by atoms with Gasteiger partial charge in [-0.25, -0.2) is 8.42 Å². The number of amides is 2. The van der Waals surface area contributed by atoms with E-state index in [2.05, 4.69) is 21.2 Å². The Morgan fingerprint density at radius 1 is 0.951 bits per heavy atom. The summed E-state index contributed by atoms with van der Waals surface area (Å²) in [7, 11) is -4.48. The highest BCUT2D eigenvalue weighted by atomic mass is 79.9. The fourth-order valence-corrected chi connectivity index (χ4v) is 5.84. The van der Waals surface area contributed by atoms with E-state index in [1.807, 2.05) is 13.8 Å². The van der Waals surface area contributed by atoms with Gasteiger partial charge in [0.05, 0.1) is 16.1 Å². The van der Waals surface area contributed by atoms with E-state index >= 15 is 0 Å². The molecule has 41 heavy (non-hydrogen) atoms. The number of alkyl halides is 3. The number of rotatable bonds is 11. The number of anilines is 1. The van der Waals surface area contributed by atoms with Crippen LogP contribution in [-0.4, -0.2) is 43.8 Å². The second kappa shape index (κ2) is 13.5. The third-order valence-corrected chi connectivity index (χ3v) is 8.76. The smallest absolute Gasteiger partial charge is 0.352 e. The molecule has 0 heterocycles. The van der Waals surface area contributed by atoms with Crippen LogP contribution in [0.4, 0.5) is 18.9 Å². The maximum atomic E-state index is 13.9. The zero-order valence-corrected chi connectivity index (χ0v) is 25.1. The van der Waals surface area contributed by atoms with Crippen molar-refractivity contribution in [2.45, 2.75) is 56.9 Å². The average molecular weight is 655 g/mol. The van der Waals surface area contributed by atoms with E-state index in [0.29, 0.717) is 22.4 Å². The molecule has 3 rings (SSSR count). The molecule has 0 aliphatic rings. The molecule has 1 N–H and O–H groups in total. The van der Waals surface area contributed by atoms with Crippen molar-refractivity contribution in [3.63, 3.8) is 0 Å². The number of hydrogen-bond donors (Lipinski definition) is 1. The molecule has 0 fully saturated rings. The number of carbonyl (C=O) groups excluding carboxylic acids is 2. The Balaban J connectivity index is 2.08. The Bertz CT molecular complexity index is 1470. The van der Waals surface area contributed by atoms with Gasteiger partial charge in [-0.05, 0) is 68.3 Å². The first-order valence-electron chi connectivity index (χ1n) is 12.8. The zero-order chi connectivity index (χ0) is 30.4. The van der Waals surface area contributed by atoms with Gasteiger partial charge in [0.1, 0.15) is 12.6 Å². The van der Waals surface area contributed by atoms with E-state index in [0.717, 1.165) is 16.6 Å². The summed E-state index contributed by atoms with van der Waals surface area (Å²) >= 11 is 3.38. The first-order chi connectivity index (χ1) is 19.2. The van der Waals surface area contributed by atoms with Gasteiger partial charge < -0.3 is 10.2 Å². The van der Waals surface area contributed by atoms with Crippen molar-refractivity contribution in [2.24, 2.45) is 0 Å². The second-order valence-electron chi connectivity index (χ2n) is 9.52. The SMILES string of the molecule is CC[C@@H](C)NC(=O)[C@@H](C)N(Cc1cccc(Br)c1)C(=O)CN(c1cccc(C(F)(F)F)c1)S(=O)(=O)c1ccccc1. The first-order valence-corrected chi connectivity index (χ1v) is 15.1. The standard InChI is InChI=1S/C29H31BrF3N3O4S/c1-4-20(2)34-28(38)21(3)35(18-22-10-8-12-24(30)16-22)27(37)19-36(41(39,40)26-14-6-5-7-15-26)25-13-9-11-23(17-25)29(31,32)33/h5-17,20-21H,4,18-19H2,1-3H3,(H,34,38)/t20-,21-/m1/s1. The Morgan fingerprint density at radius 2 is 1.61 bits per heavy atom. The monoisotopic (exact) mass is 653 g/mol. The fourth-order valence-electron chi connectivity index (χ4n) is 3.97. The number of hydrogen-bond acceptors (Lipinski definition) is 4. The number of halogens is 4. The van der Waals surface area contributed by atoms with E-state index in [4.69, 9.17) is 0 Å². The minimum atomic E-state index is -4.74. The maximum Gasteiger partial charge on any atom is 0.416 e. The summed E-state index contributed by atoms with van der Waals surface area (Å²) in [5, 5.41) is 2.83. The molecule has 0 saturated heterocycles. The minimum absolute atomic E-state index is 0.0464. The van der Waals surface area contributed by atoms with Crippen LogP contribution in [0.1, 0.15) is 38.3 Å². The second-order valence-corrected chi connectivity index (χ2v) is 12.3. The first kappa shape index (κ1) is 32.1. The van der Waals surface area contributed by atoms with Crippen LogP contribution in [0.5, 0.6) is 0 Å². The van der Waals surface area contributed by atoms with Crippen molar-refractivity contribution < 1.29 is 31.2 Å². The van der Waals surface area contributed by atoms with Gasteiger partial charge in [0.15, 0.2) is 0 Å². The van der Waals surface area contributed by atoms with Crippen LogP contribution in [0.25, 0.3) is 0 Å². The molecule has 0 unspecified atom stereocenters. The zero-order valence-electron chi connectivity index (χ0n) is 22.7. The normalized spacial score (nSPS) is 13.2. The lowest BCUT2D eigenvalue weighted by molar-refractivity contribution is -0.139. The molecule has 2 atom stereocenters. The van der Waals surface area contributed by atoms with Gasteiger partial charge in [0, 0.05) is 17.1 Å². The van der Waals surface area contributed by atoms with Crippen molar-refractivity contribution in [2.75, 3.05) is 10.8 Å². The van der Waals surface area contributed by atoms with Gasteiger partial charge in [-0.15, -0.1) is 0 Å². The number of sulfonamides is 1. The van der Waals surface area contributed by atoms with Crippen LogP contribution >= 0.6 is 15.9 Å². The predicted molar refractivity (Wildman–Crippen MR) is 154 cm³/mol. The molecular formula is C29H31BrF3N3O4S. The summed E-state index contributed by atoms with van der Waals surface area (Å²) in [6.45, 7) is 4.34. The van der Waals surface area contributed by atoms with E-state index in [-0.39, 0.29) is 23.2 Å². The van der Waals surface area contributed by atoms with Crippen LogP contribution < -0.4 is 9.62 Å². The van der Waals surface area contributed by atoms with Crippen molar-refractivity contribution in [3.8, 4) is 0 Å². The van der Waals surface area contributed by atoms with Gasteiger partial charge in [-0.1, -0.05) is 59.3 Å². The topological polar surface area (TPSA) is 86.8 Å². The Labute approximate surface area is 246 Å². The van der Waals surface area contributed by atoms with Crippen LogP contribution in [0.15, 0.2) is 88.2 Å². The van der Waals surface area contributed by atoms with E-state index in [1.54, 1.807) is 30.3 Å². The van der Waals surface area contributed by atoms with Gasteiger partial charge in [-0.2, -0.15) is 13.2 Å². The van der Waals surface area contributed by atoms with E-state index in [1.165, 1.54) is 42.2 Å². The van der Waals surface area contributed by atoms with Gasteiger partial charge in [0.2, 0.25) is 11.8 Å². The van der Waals surface area contributed by atoms with Gasteiger partial charge in [0.25, 0.3) is 10.0 Å². The average Bonchev–Trinajstić information content (AvgIpc) is 2.94. The summed E-state index contributed by atoms with van der Waals surface area (Å²) < 4.78 is 69.5. The Kier molecular flexibility index (Phi) is 10.6. The molecule has 0 spiro atoms. The number of nitrogens with zero attached hydrogens (tertiary/aromatic N) is 2. The van der Waals surface area contributed by atoms with E-state index < -0.39 is 46.2 Å². The number of benzene rings is 3. The number of carbonyl (C=O) groups is 2. The van der Waals surface area contributed by atoms with Crippen molar-refractivity contribution >= 4 is 43.5 Å². The fraction of sp³-hybridized carbons (Fsp3) is 0.310. The highest BCUT2D eigenvalue weighted by Gasteiger charge is 2.35. The summed E-state index contributed by atoms with van der Waals surface area (Å²) in [5.74, 6) is -1.21. The molecule has 3 aromatic carbocycles. The lowest BCUT2D eigenvalue weighted by Crippen LogP contribution is -2.52. The largest absolute Gasteiger partial charge is 0.416 e. The molecule has 12 heteroatoms. The highest BCUT2D eigenvalue weighted by molar-refractivity contribution is 9.10. The molecule has 7 nitrogen and oxygen atoms in total. The lowest BCUT2D eigenvalue weighted by Gasteiger charge is -2.32. The number of nitrogens with one attached hydrogen (secondary N) is 1. The quantitative estimate of drug-likeness (QED) is 0.275. The van der Waals surface area contributed by atoms with Crippen LogP contribution in [0.2, 0.25) is 0 Å². The summed E-state index contributed by atoms with van der Waals surface area (Å²) in [6, 6.07) is 16.8. The van der Waals surface area contributed by atoms with Crippen molar-refractivity contribution in [3.05, 3.63) is 94.5 Å². The summed E-state index contributed by atoms with van der Waals surface area (Å²) in [6.07, 6.45) is -4.09. The molecule has 0 aromatic heterocycles. The maximum absolute atomic E-state index is 13.9. The molecule has 0 aliphatic carbocycles. The molecule has 3 aromatic rings. The van der Waals surface area contributed by atoms with Crippen molar-refractivity contribution in [1.82, 2.24) is 10.2 Å². The molecule has 0 saturated carbocycles. The summed E-state index contributed by atoms with van der Waals surface area (Å²) in [5.41, 5.74) is -0.744. The highest BCUT2D eigenvalue weighted by Crippen LogP contribution is 2.33. The third-order valence-electron chi connectivity index (χ3n) is 6.48. The molecule has 0 aliphatic heterocycles. The van der Waals surface area contributed by atoms with E-state index in [9.17, 15) is 31.2 Å². The molecule has 2 amide bonds.